The van der Waals surface area contributed by atoms with Gasteiger partial charge in [0.2, 0.25) is 5.75 Å². The van der Waals surface area contributed by atoms with Gasteiger partial charge in [0.1, 0.15) is 11.4 Å². The summed E-state index contributed by atoms with van der Waals surface area (Å²) in [5.74, 6) is 1.81. The number of hydrogen-bond donors (Lipinski definition) is 2. The quantitative estimate of drug-likeness (QED) is 0.113. The first-order valence-electron chi connectivity index (χ1n) is 14.3. The van der Waals surface area contributed by atoms with Crippen LogP contribution >= 0.6 is 15.9 Å². The molecule has 1 atom stereocenters. The number of nitrogens with zero attached hydrogens (tertiary/aromatic N) is 1. The third-order valence-corrected chi connectivity index (χ3v) is 14.1. The van der Waals surface area contributed by atoms with Gasteiger partial charge in [-0.1, -0.05) is 36.7 Å². The number of benzene rings is 2. The van der Waals surface area contributed by atoms with E-state index in [1.807, 2.05) is 19.1 Å². The fourth-order valence-electron chi connectivity index (χ4n) is 5.80. The number of nitrogens with one attached hydrogen (secondary N) is 2. The minimum atomic E-state index is -2.28. The van der Waals surface area contributed by atoms with Gasteiger partial charge in [-0.25, -0.2) is 0 Å². The van der Waals surface area contributed by atoms with Crippen LogP contribution < -0.4 is 23.5 Å². The molecule has 2 aromatic heterocycles. The maximum absolute atomic E-state index is 14.3. The number of H-pyrrole nitrogens is 2. The first-order chi connectivity index (χ1) is 20.2. The van der Waals surface area contributed by atoms with Gasteiger partial charge < -0.3 is 33.5 Å². The molecule has 2 aromatic carbocycles. The Bertz CT molecular complexity index is 1770. The van der Waals surface area contributed by atoms with Gasteiger partial charge in [0.25, 0.3) is 14.2 Å². The number of rotatable bonds is 8. The van der Waals surface area contributed by atoms with Crippen molar-refractivity contribution in [2.45, 2.75) is 58.7 Å². The molecule has 1 unspecified atom stereocenters. The van der Waals surface area contributed by atoms with Crippen LogP contribution in [0.1, 0.15) is 65.7 Å². The molecule has 0 bridgehead atoms. The Kier molecular flexibility index (Phi) is 7.87. The summed E-state index contributed by atoms with van der Waals surface area (Å²) in [7, 11) is 2.38. The molecular weight excluding hydrogens is 630 g/mol. The standard InChI is InChI=1S/C32H40BrN3O6Si/c1-16-24(17(2)37)26-25-19(14-33)15-36(21(25)13-22(28(26)34-16)42-43(9,10)32(3,4)5)31(38)20-11-18-12-23(39-6)29(40-7)30(41-8)27(18)35-20/h11-13,19,34-35H,14-15H2,1-10H3. The van der Waals surface area contributed by atoms with Crippen LogP contribution in [0.5, 0.6) is 23.0 Å². The first kappa shape index (κ1) is 31.0. The third-order valence-electron chi connectivity index (χ3n) is 8.95. The van der Waals surface area contributed by atoms with Crippen LogP contribution in [-0.4, -0.2) is 63.2 Å². The number of anilines is 1. The topological polar surface area (TPSA) is 106 Å². The lowest BCUT2D eigenvalue weighted by Crippen LogP contribution is -2.44. The Labute approximate surface area is 261 Å². The van der Waals surface area contributed by atoms with Crippen molar-refractivity contribution in [3.05, 3.63) is 40.7 Å². The smallest absolute Gasteiger partial charge is 0.274 e. The summed E-state index contributed by atoms with van der Waals surface area (Å²) in [6, 6.07) is 5.60. The number of aromatic nitrogens is 2. The molecule has 0 aliphatic carbocycles. The normalized spacial score (nSPS) is 15.2. The van der Waals surface area contributed by atoms with E-state index in [1.54, 1.807) is 39.2 Å². The maximum Gasteiger partial charge on any atom is 0.274 e. The van der Waals surface area contributed by atoms with Crippen molar-refractivity contribution in [1.29, 1.82) is 0 Å². The number of halogens is 1. The zero-order chi connectivity index (χ0) is 31.6. The van der Waals surface area contributed by atoms with E-state index in [-0.39, 0.29) is 22.6 Å². The molecule has 1 aliphatic rings. The Balaban J connectivity index is 1.73. The molecule has 4 aromatic rings. The fourth-order valence-corrected chi connectivity index (χ4v) is 7.34. The molecule has 9 nitrogen and oxygen atoms in total. The molecule has 43 heavy (non-hydrogen) atoms. The van der Waals surface area contributed by atoms with Gasteiger partial charge in [-0.05, 0) is 49.7 Å². The number of methoxy groups -OCH3 is 3. The van der Waals surface area contributed by atoms with E-state index in [1.165, 1.54) is 0 Å². The van der Waals surface area contributed by atoms with Crippen LogP contribution in [0.15, 0.2) is 18.2 Å². The van der Waals surface area contributed by atoms with E-state index in [0.29, 0.717) is 51.6 Å². The number of aryl methyl sites for hydroxylation is 1. The predicted molar refractivity (Wildman–Crippen MR) is 177 cm³/mol. The predicted octanol–water partition coefficient (Wildman–Crippen LogP) is 7.71. The maximum atomic E-state index is 14.3. The first-order valence-corrected chi connectivity index (χ1v) is 18.3. The highest BCUT2D eigenvalue weighted by atomic mass is 79.9. The van der Waals surface area contributed by atoms with Crippen LogP contribution in [0, 0.1) is 6.92 Å². The number of Topliss-reactive ketones (excluding diaryl/α,β-unsaturated/α-hetero) is 1. The SMILES string of the molecule is COc1cc2cc(C(=O)N3CC(CBr)c4c3cc(O[Si](C)(C)C(C)(C)C)c3[nH]c(C)c(C(C)=O)c43)[nH]c2c(OC)c1OC. The Morgan fingerprint density at radius 1 is 1.00 bits per heavy atom. The lowest BCUT2D eigenvalue weighted by molar-refractivity contribution is 0.0982. The number of amides is 1. The van der Waals surface area contributed by atoms with E-state index < -0.39 is 8.32 Å². The molecule has 230 valence electrons. The van der Waals surface area contributed by atoms with Gasteiger partial charge in [-0.3, -0.25) is 9.59 Å². The second-order valence-electron chi connectivity index (χ2n) is 12.7. The zero-order valence-corrected chi connectivity index (χ0v) is 29.1. The summed E-state index contributed by atoms with van der Waals surface area (Å²) in [4.78, 5) is 35.9. The van der Waals surface area contributed by atoms with E-state index in [4.69, 9.17) is 18.6 Å². The number of aromatic amines is 2. The van der Waals surface area contributed by atoms with Gasteiger partial charge in [0.05, 0.1) is 38.1 Å². The number of carbonyl (C=O) groups excluding carboxylic acids is 2. The van der Waals surface area contributed by atoms with Crippen molar-refractivity contribution in [2.24, 2.45) is 0 Å². The molecule has 0 radical (unpaired) electrons. The van der Waals surface area contributed by atoms with Crippen molar-refractivity contribution in [3.8, 4) is 23.0 Å². The fraction of sp³-hybridized carbons (Fsp3) is 0.438. The van der Waals surface area contributed by atoms with Crippen molar-refractivity contribution in [3.63, 3.8) is 0 Å². The minimum absolute atomic E-state index is 0.0286. The highest BCUT2D eigenvalue weighted by molar-refractivity contribution is 9.09. The van der Waals surface area contributed by atoms with Crippen molar-refractivity contribution >= 4 is 63.4 Å². The minimum Gasteiger partial charge on any atom is -0.542 e. The van der Waals surface area contributed by atoms with Crippen molar-refractivity contribution in [2.75, 3.05) is 38.1 Å². The molecule has 0 fully saturated rings. The van der Waals surface area contributed by atoms with Crippen LogP contribution in [0.3, 0.4) is 0 Å². The van der Waals surface area contributed by atoms with Crippen LogP contribution in [0.4, 0.5) is 5.69 Å². The Morgan fingerprint density at radius 2 is 1.67 bits per heavy atom. The molecule has 11 heteroatoms. The number of fused-ring (bicyclic) bond motifs is 4. The highest BCUT2D eigenvalue weighted by Gasteiger charge is 2.42. The van der Waals surface area contributed by atoms with E-state index in [2.05, 4.69) is 59.8 Å². The number of carbonyl (C=O) groups is 2. The Hall–Kier alpha value is -3.44. The van der Waals surface area contributed by atoms with E-state index in [0.717, 1.165) is 33.2 Å². The lowest BCUT2D eigenvalue weighted by Gasteiger charge is -2.36. The molecular formula is C32H40BrN3O6Si. The average molecular weight is 671 g/mol. The van der Waals surface area contributed by atoms with Crippen molar-refractivity contribution < 1.29 is 28.2 Å². The monoisotopic (exact) mass is 669 g/mol. The molecule has 5 rings (SSSR count). The van der Waals surface area contributed by atoms with Crippen LogP contribution in [0.25, 0.3) is 21.8 Å². The average Bonchev–Trinajstić information content (AvgIpc) is 3.63. The van der Waals surface area contributed by atoms with Gasteiger partial charge in [0, 0.05) is 45.9 Å². The second-order valence-corrected chi connectivity index (χ2v) is 18.0. The number of hydrogen-bond acceptors (Lipinski definition) is 6. The largest absolute Gasteiger partial charge is 0.542 e. The van der Waals surface area contributed by atoms with Crippen molar-refractivity contribution in [1.82, 2.24) is 9.97 Å². The summed E-state index contributed by atoms with van der Waals surface area (Å²) in [5, 5.41) is 2.16. The molecule has 0 spiro atoms. The molecule has 1 aliphatic heterocycles. The van der Waals surface area contributed by atoms with E-state index >= 15 is 0 Å². The summed E-state index contributed by atoms with van der Waals surface area (Å²) >= 11 is 3.70. The second kappa shape index (κ2) is 10.9. The number of ether oxygens (including phenoxy) is 3. The molecule has 0 saturated heterocycles. The lowest BCUT2D eigenvalue weighted by atomic mass is 9.94. The van der Waals surface area contributed by atoms with Gasteiger partial charge in [0.15, 0.2) is 17.3 Å². The molecule has 2 N–H and O–H groups in total. The number of ketones is 1. The molecule has 1 amide bonds. The third kappa shape index (κ3) is 4.90. The van der Waals surface area contributed by atoms with Gasteiger partial charge in [-0.2, -0.15) is 0 Å². The van der Waals surface area contributed by atoms with Crippen LogP contribution in [0.2, 0.25) is 18.1 Å². The Morgan fingerprint density at radius 3 is 2.23 bits per heavy atom. The highest BCUT2D eigenvalue weighted by Crippen LogP contribution is 2.50. The number of alkyl halides is 1. The molecule has 3 heterocycles. The van der Waals surface area contributed by atoms with Gasteiger partial charge >= 0.3 is 0 Å². The molecule has 0 saturated carbocycles. The summed E-state index contributed by atoms with van der Waals surface area (Å²) in [6.07, 6.45) is 0. The summed E-state index contributed by atoms with van der Waals surface area (Å²) in [5.41, 5.74) is 4.99. The van der Waals surface area contributed by atoms with Crippen LogP contribution in [-0.2, 0) is 0 Å². The van der Waals surface area contributed by atoms with Gasteiger partial charge in [-0.15, -0.1) is 0 Å². The van der Waals surface area contributed by atoms with E-state index in [9.17, 15) is 9.59 Å². The zero-order valence-electron chi connectivity index (χ0n) is 26.5. The summed E-state index contributed by atoms with van der Waals surface area (Å²) < 4.78 is 23.6. The summed E-state index contributed by atoms with van der Waals surface area (Å²) in [6.45, 7) is 14.9.